The minimum absolute atomic E-state index is 0. The maximum Gasteiger partial charge on any atom is 0.191 e. The van der Waals surface area contributed by atoms with Gasteiger partial charge in [-0.25, -0.2) is 0 Å². The first-order chi connectivity index (χ1) is 13.7. The summed E-state index contributed by atoms with van der Waals surface area (Å²) < 4.78 is 16.2. The summed E-state index contributed by atoms with van der Waals surface area (Å²) in [6.07, 6.45) is 0. The Morgan fingerprint density at radius 3 is 2.17 bits per heavy atom. The van der Waals surface area contributed by atoms with Crippen LogP contribution in [0.15, 0.2) is 53.5 Å². The lowest BCUT2D eigenvalue weighted by atomic mass is 10.1. The largest absolute Gasteiger partial charge is 0.497 e. The normalized spacial score (nSPS) is 10.9. The molecule has 160 valence electrons. The maximum atomic E-state index is 5.64. The quantitative estimate of drug-likeness (QED) is 0.208. The van der Waals surface area contributed by atoms with Crippen LogP contribution < -0.4 is 15.4 Å². The molecule has 0 spiro atoms. The predicted octanol–water partition coefficient (Wildman–Crippen LogP) is 3.73. The van der Waals surface area contributed by atoms with Crippen LogP contribution in [0.25, 0.3) is 0 Å². The van der Waals surface area contributed by atoms with E-state index in [1.165, 1.54) is 5.56 Å². The highest BCUT2D eigenvalue weighted by Crippen LogP contribution is 2.12. The van der Waals surface area contributed by atoms with Crippen LogP contribution in [0.5, 0.6) is 5.75 Å². The summed E-state index contributed by atoms with van der Waals surface area (Å²) in [5.41, 5.74) is 3.46. The van der Waals surface area contributed by atoms with E-state index in [0.29, 0.717) is 32.9 Å². The van der Waals surface area contributed by atoms with Crippen LogP contribution in [0.3, 0.4) is 0 Å². The zero-order valence-electron chi connectivity index (χ0n) is 17.4. The van der Waals surface area contributed by atoms with Crippen LogP contribution in [-0.4, -0.2) is 39.9 Å². The minimum atomic E-state index is 0. The third kappa shape index (κ3) is 9.96. The van der Waals surface area contributed by atoms with Crippen LogP contribution in [0.2, 0.25) is 0 Å². The standard InChI is InChI=1S/C22H31N3O3.HI/c1-4-27-11-12-28-17-20-9-5-7-18(13-20)15-24-22(23-2)25-16-19-8-6-10-21(14-19)26-3;/h5-10,13-14H,4,11-12,15-17H2,1-3H3,(H2,23,24,25);1H. The molecule has 0 radical (unpaired) electrons. The molecule has 0 bridgehead atoms. The molecule has 0 unspecified atom stereocenters. The Morgan fingerprint density at radius 2 is 1.52 bits per heavy atom. The van der Waals surface area contributed by atoms with E-state index in [1.807, 2.05) is 31.2 Å². The van der Waals surface area contributed by atoms with Crippen molar-refractivity contribution in [2.24, 2.45) is 4.99 Å². The SMILES string of the molecule is CCOCCOCc1cccc(CNC(=NC)NCc2cccc(OC)c2)c1.I. The highest BCUT2D eigenvalue weighted by molar-refractivity contribution is 14.0. The van der Waals surface area contributed by atoms with Crippen LogP contribution in [0.4, 0.5) is 0 Å². The Kier molecular flexibility index (Phi) is 13.1. The van der Waals surface area contributed by atoms with E-state index >= 15 is 0 Å². The van der Waals surface area contributed by atoms with E-state index in [-0.39, 0.29) is 24.0 Å². The minimum Gasteiger partial charge on any atom is -0.497 e. The van der Waals surface area contributed by atoms with Crippen molar-refractivity contribution >= 4 is 29.9 Å². The Labute approximate surface area is 191 Å². The van der Waals surface area contributed by atoms with Crippen molar-refractivity contribution < 1.29 is 14.2 Å². The van der Waals surface area contributed by atoms with Gasteiger partial charge in [0.2, 0.25) is 0 Å². The fraction of sp³-hybridized carbons (Fsp3) is 0.409. The summed E-state index contributed by atoms with van der Waals surface area (Å²) in [4.78, 5) is 4.29. The van der Waals surface area contributed by atoms with Crippen LogP contribution >= 0.6 is 24.0 Å². The molecule has 0 saturated carbocycles. The van der Waals surface area contributed by atoms with Crippen LogP contribution in [0.1, 0.15) is 23.6 Å². The molecule has 0 aromatic heterocycles. The number of benzene rings is 2. The van der Waals surface area contributed by atoms with Gasteiger partial charge in [0.25, 0.3) is 0 Å². The average Bonchev–Trinajstić information content (AvgIpc) is 2.74. The van der Waals surface area contributed by atoms with E-state index in [1.54, 1.807) is 14.2 Å². The summed E-state index contributed by atoms with van der Waals surface area (Å²) in [6, 6.07) is 16.3. The fourth-order valence-electron chi connectivity index (χ4n) is 2.66. The first kappa shape index (κ1) is 25.2. The number of halogens is 1. The zero-order valence-corrected chi connectivity index (χ0v) is 19.8. The third-order valence-electron chi connectivity index (χ3n) is 4.11. The van der Waals surface area contributed by atoms with E-state index in [9.17, 15) is 0 Å². The molecule has 0 atom stereocenters. The second-order valence-electron chi connectivity index (χ2n) is 6.20. The fourth-order valence-corrected chi connectivity index (χ4v) is 2.66. The molecule has 6 nitrogen and oxygen atoms in total. The zero-order chi connectivity index (χ0) is 20.0. The monoisotopic (exact) mass is 513 g/mol. The summed E-state index contributed by atoms with van der Waals surface area (Å²) in [7, 11) is 3.44. The summed E-state index contributed by atoms with van der Waals surface area (Å²) >= 11 is 0. The van der Waals surface area contributed by atoms with Gasteiger partial charge in [-0.15, -0.1) is 24.0 Å². The first-order valence-corrected chi connectivity index (χ1v) is 9.56. The number of aliphatic imine (C=N–C) groups is 1. The molecule has 0 fully saturated rings. The Hall–Kier alpha value is -1.84. The molecule has 2 aromatic rings. The number of guanidine groups is 1. The van der Waals surface area contributed by atoms with Gasteiger partial charge >= 0.3 is 0 Å². The number of nitrogens with zero attached hydrogens (tertiary/aromatic N) is 1. The molecule has 7 heteroatoms. The van der Waals surface area contributed by atoms with Gasteiger partial charge in [0.15, 0.2) is 5.96 Å². The van der Waals surface area contributed by atoms with Gasteiger partial charge in [0.05, 0.1) is 26.9 Å². The van der Waals surface area contributed by atoms with E-state index < -0.39 is 0 Å². The van der Waals surface area contributed by atoms with Gasteiger partial charge in [-0.1, -0.05) is 36.4 Å². The van der Waals surface area contributed by atoms with Crippen LogP contribution in [0, 0.1) is 0 Å². The van der Waals surface area contributed by atoms with Gasteiger partial charge < -0.3 is 24.8 Å². The summed E-state index contributed by atoms with van der Waals surface area (Å²) in [5.74, 6) is 1.60. The van der Waals surface area contributed by atoms with Gasteiger partial charge in [-0.3, -0.25) is 4.99 Å². The number of rotatable bonds is 11. The molecular formula is C22H32IN3O3. The van der Waals surface area contributed by atoms with Crippen LogP contribution in [-0.2, 0) is 29.2 Å². The van der Waals surface area contributed by atoms with Gasteiger partial charge in [0, 0.05) is 26.7 Å². The van der Waals surface area contributed by atoms with Crippen molar-refractivity contribution in [3.8, 4) is 5.75 Å². The van der Waals surface area contributed by atoms with Crippen molar-refractivity contribution in [2.45, 2.75) is 26.6 Å². The van der Waals surface area contributed by atoms with Gasteiger partial charge in [-0.2, -0.15) is 0 Å². The van der Waals surface area contributed by atoms with E-state index in [2.05, 4.69) is 39.9 Å². The molecule has 2 N–H and O–H groups in total. The highest BCUT2D eigenvalue weighted by Gasteiger charge is 2.02. The van der Waals surface area contributed by atoms with Crippen molar-refractivity contribution in [1.29, 1.82) is 0 Å². The molecule has 0 aliphatic carbocycles. The summed E-state index contributed by atoms with van der Waals surface area (Å²) in [5, 5.41) is 6.66. The van der Waals surface area contributed by atoms with Gasteiger partial charge in [-0.05, 0) is 35.7 Å². The molecule has 2 aromatic carbocycles. The number of methoxy groups -OCH3 is 1. The highest BCUT2D eigenvalue weighted by atomic mass is 127. The molecule has 0 heterocycles. The molecule has 0 saturated heterocycles. The van der Waals surface area contributed by atoms with Gasteiger partial charge in [0.1, 0.15) is 5.75 Å². The maximum absolute atomic E-state index is 5.64. The molecule has 2 rings (SSSR count). The third-order valence-corrected chi connectivity index (χ3v) is 4.11. The van der Waals surface area contributed by atoms with Crippen molar-refractivity contribution in [2.75, 3.05) is 34.0 Å². The Balaban J connectivity index is 0.00000420. The second-order valence-corrected chi connectivity index (χ2v) is 6.20. The number of ether oxygens (including phenoxy) is 3. The van der Waals surface area contributed by atoms with Crippen molar-refractivity contribution in [3.63, 3.8) is 0 Å². The lowest BCUT2D eigenvalue weighted by Crippen LogP contribution is -2.36. The Morgan fingerprint density at radius 1 is 0.897 bits per heavy atom. The topological polar surface area (TPSA) is 64.1 Å². The van der Waals surface area contributed by atoms with Crippen molar-refractivity contribution in [1.82, 2.24) is 10.6 Å². The number of hydrogen-bond acceptors (Lipinski definition) is 4. The Bertz CT molecular complexity index is 741. The number of hydrogen-bond donors (Lipinski definition) is 2. The predicted molar refractivity (Wildman–Crippen MR) is 128 cm³/mol. The molecule has 0 amide bonds. The average molecular weight is 513 g/mol. The molecule has 29 heavy (non-hydrogen) atoms. The second kappa shape index (κ2) is 15.1. The smallest absolute Gasteiger partial charge is 0.191 e. The first-order valence-electron chi connectivity index (χ1n) is 9.56. The van der Waals surface area contributed by atoms with E-state index in [4.69, 9.17) is 14.2 Å². The van der Waals surface area contributed by atoms with Crippen molar-refractivity contribution in [3.05, 3.63) is 65.2 Å². The summed E-state index contributed by atoms with van der Waals surface area (Å²) in [6.45, 7) is 5.89. The lowest BCUT2D eigenvalue weighted by molar-refractivity contribution is 0.0453. The molecular weight excluding hydrogens is 481 g/mol. The molecule has 0 aliphatic heterocycles. The lowest BCUT2D eigenvalue weighted by Gasteiger charge is -2.13. The molecule has 0 aliphatic rings. The van der Waals surface area contributed by atoms with E-state index in [0.717, 1.165) is 29.4 Å². The number of nitrogens with one attached hydrogen (secondary N) is 2.